The van der Waals surface area contributed by atoms with Gasteiger partial charge in [-0.2, -0.15) is 0 Å². The molecule has 0 aliphatic carbocycles. The number of nitrogens with two attached hydrogens (primary N) is 1. The zero-order valence-corrected chi connectivity index (χ0v) is 13.5. The summed E-state index contributed by atoms with van der Waals surface area (Å²) in [5, 5.41) is 9.53. The number of rotatable bonds is 4. The van der Waals surface area contributed by atoms with Crippen LogP contribution in [0.3, 0.4) is 0 Å². The van der Waals surface area contributed by atoms with Crippen molar-refractivity contribution in [1.82, 2.24) is 4.90 Å². The van der Waals surface area contributed by atoms with E-state index in [9.17, 15) is 14.7 Å². The van der Waals surface area contributed by atoms with Crippen molar-refractivity contribution in [1.29, 1.82) is 0 Å². The fourth-order valence-corrected chi connectivity index (χ4v) is 2.57. The Morgan fingerprint density at radius 3 is 2.05 bits per heavy atom. The number of carbonyl (C=O) groups excluding carboxylic acids is 1. The second kappa shape index (κ2) is 5.02. The zero-order valence-electron chi connectivity index (χ0n) is 13.5. The molecule has 1 heterocycles. The van der Waals surface area contributed by atoms with Crippen molar-refractivity contribution in [2.24, 2.45) is 22.5 Å². The third-order valence-electron chi connectivity index (χ3n) is 5.26. The highest BCUT2D eigenvalue weighted by Gasteiger charge is 2.52. The quantitative estimate of drug-likeness (QED) is 0.823. The monoisotopic (exact) mass is 284 g/mol. The van der Waals surface area contributed by atoms with Gasteiger partial charge in [0.2, 0.25) is 5.91 Å². The summed E-state index contributed by atoms with van der Waals surface area (Å²) in [6.07, 6.45) is 0.507. The summed E-state index contributed by atoms with van der Waals surface area (Å²) in [7, 11) is 0. The largest absolute Gasteiger partial charge is 0.481 e. The van der Waals surface area contributed by atoms with Crippen LogP contribution >= 0.6 is 0 Å². The topological polar surface area (TPSA) is 83.6 Å². The van der Waals surface area contributed by atoms with Gasteiger partial charge in [-0.3, -0.25) is 9.59 Å². The average Bonchev–Trinajstić information content (AvgIpc) is 2.72. The highest BCUT2D eigenvalue weighted by molar-refractivity contribution is 5.85. The molecule has 0 aromatic carbocycles. The summed E-state index contributed by atoms with van der Waals surface area (Å²) in [5.41, 5.74) is 3.90. The molecule has 1 unspecified atom stereocenters. The molecule has 0 aromatic heterocycles. The fourth-order valence-electron chi connectivity index (χ4n) is 2.57. The van der Waals surface area contributed by atoms with Crippen LogP contribution in [0.25, 0.3) is 0 Å². The second-order valence-electron chi connectivity index (χ2n) is 7.44. The van der Waals surface area contributed by atoms with Gasteiger partial charge in [0.1, 0.15) is 0 Å². The van der Waals surface area contributed by atoms with Gasteiger partial charge in [0.25, 0.3) is 0 Å². The van der Waals surface area contributed by atoms with Gasteiger partial charge in [0.15, 0.2) is 0 Å². The first-order valence-corrected chi connectivity index (χ1v) is 7.18. The van der Waals surface area contributed by atoms with Crippen LogP contribution in [0.15, 0.2) is 0 Å². The van der Waals surface area contributed by atoms with Crippen molar-refractivity contribution >= 4 is 11.9 Å². The highest BCUT2D eigenvalue weighted by atomic mass is 16.4. The molecule has 1 amide bonds. The number of carbonyl (C=O) groups is 2. The first-order valence-electron chi connectivity index (χ1n) is 7.18. The lowest BCUT2D eigenvalue weighted by Crippen LogP contribution is -2.56. The van der Waals surface area contributed by atoms with Crippen LogP contribution in [0.1, 0.15) is 48.0 Å². The van der Waals surface area contributed by atoms with Crippen LogP contribution in [0.5, 0.6) is 0 Å². The summed E-state index contributed by atoms with van der Waals surface area (Å²) in [5.74, 6) is -0.881. The molecule has 0 radical (unpaired) electrons. The van der Waals surface area contributed by atoms with Crippen molar-refractivity contribution in [3.63, 3.8) is 0 Å². The third kappa shape index (κ3) is 2.55. The zero-order chi connectivity index (χ0) is 15.9. The van der Waals surface area contributed by atoms with Gasteiger partial charge in [0, 0.05) is 18.6 Å². The Balaban J connectivity index is 2.99. The van der Waals surface area contributed by atoms with Gasteiger partial charge in [-0.1, -0.05) is 13.8 Å². The second-order valence-corrected chi connectivity index (χ2v) is 7.44. The van der Waals surface area contributed by atoms with E-state index in [1.807, 2.05) is 41.5 Å². The molecule has 1 saturated heterocycles. The molecule has 0 spiro atoms. The van der Waals surface area contributed by atoms with E-state index < -0.39 is 22.3 Å². The Morgan fingerprint density at radius 1 is 1.25 bits per heavy atom. The first kappa shape index (κ1) is 17.0. The summed E-state index contributed by atoms with van der Waals surface area (Å²) < 4.78 is 0. The number of carboxylic acids is 1. The van der Waals surface area contributed by atoms with Gasteiger partial charge in [-0.15, -0.1) is 0 Å². The molecule has 1 aliphatic heterocycles. The molecular formula is C15H28N2O3. The molecule has 3 N–H and O–H groups in total. The lowest BCUT2D eigenvalue weighted by Gasteiger charge is -2.40. The third-order valence-corrected chi connectivity index (χ3v) is 5.26. The van der Waals surface area contributed by atoms with Gasteiger partial charge in [-0.05, 0) is 40.0 Å². The van der Waals surface area contributed by atoms with E-state index >= 15 is 0 Å². The van der Waals surface area contributed by atoms with Crippen molar-refractivity contribution in [3.8, 4) is 0 Å². The Kier molecular flexibility index (Phi) is 4.26. The molecule has 5 nitrogen and oxygen atoms in total. The Morgan fingerprint density at radius 2 is 1.75 bits per heavy atom. The molecule has 116 valence electrons. The molecule has 0 saturated carbocycles. The van der Waals surface area contributed by atoms with E-state index in [-0.39, 0.29) is 18.4 Å². The molecule has 1 atom stereocenters. The number of likely N-dealkylation sites (tertiary alicyclic amines) is 1. The number of amides is 1. The highest BCUT2D eigenvalue weighted by Crippen LogP contribution is 2.41. The number of hydrogen-bond donors (Lipinski definition) is 2. The molecule has 1 rings (SSSR count). The van der Waals surface area contributed by atoms with Crippen molar-refractivity contribution in [2.45, 2.75) is 53.5 Å². The van der Waals surface area contributed by atoms with Gasteiger partial charge in [0.05, 0.1) is 10.8 Å². The first-order chi connectivity index (χ1) is 8.86. The van der Waals surface area contributed by atoms with E-state index in [0.29, 0.717) is 13.0 Å². The summed E-state index contributed by atoms with van der Waals surface area (Å²) >= 11 is 0. The van der Waals surface area contributed by atoms with Gasteiger partial charge < -0.3 is 15.7 Å². The number of aliphatic carboxylic acids is 1. The predicted octanol–water partition coefficient (Wildman–Crippen LogP) is 1.71. The summed E-state index contributed by atoms with van der Waals surface area (Å²) in [4.78, 5) is 26.0. The molecular weight excluding hydrogens is 256 g/mol. The summed E-state index contributed by atoms with van der Waals surface area (Å²) in [6.45, 7) is 11.9. The minimum absolute atomic E-state index is 0.00759. The van der Waals surface area contributed by atoms with E-state index in [1.165, 1.54) is 0 Å². The molecule has 1 aliphatic rings. The standard InChI is InChI=1S/C15H28N2O3/c1-10(2)15(12(19)20)7-8-17(9-15)11(18)13(3,4)14(5,6)16/h10H,7-9,16H2,1-6H3,(H,19,20). The van der Waals surface area contributed by atoms with E-state index in [4.69, 9.17) is 5.73 Å². The molecule has 20 heavy (non-hydrogen) atoms. The van der Waals surface area contributed by atoms with Crippen LogP contribution in [0.4, 0.5) is 0 Å². The molecule has 0 bridgehead atoms. The maximum Gasteiger partial charge on any atom is 0.311 e. The molecule has 1 fully saturated rings. The fraction of sp³-hybridized carbons (Fsp3) is 0.867. The lowest BCUT2D eigenvalue weighted by atomic mass is 9.73. The minimum atomic E-state index is -0.829. The van der Waals surface area contributed by atoms with Crippen molar-refractivity contribution in [2.75, 3.05) is 13.1 Å². The van der Waals surface area contributed by atoms with Gasteiger partial charge in [-0.25, -0.2) is 0 Å². The lowest BCUT2D eigenvalue weighted by molar-refractivity contribution is -0.152. The smallest absolute Gasteiger partial charge is 0.311 e. The Hall–Kier alpha value is -1.10. The Labute approximate surface area is 121 Å². The van der Waals surface area contributed by atoms with Crippen LogP contribution < -0.4 is 5.73 Å². The van der Waals surface area contributed by atoms with E-state index in [2.05, 4.69) is 0 Å². The van der Waals surface area contributed by atoms with Crippen LogP contribution in [0.2, 0.25) is 0 Å². The summed E-state index contributed by atoms with van der Waals surface area (Å²) in [6, 6.07) is 0. The minimum Gasteiger partial charge on any atom is -0.481 e. The molecule has 0 aromatic rings. The van der Waals surface area contributed by atoms with E-state index in [1.54, 1.807) is 4.90 Å². The number of carboxylic acid groups (broad SMARTS) is 1. The number of nitrogens with zero attached hydrogens (tertiary/aromatic N) is 1. The van der Waals surface area contributed by atoms with Crippen LogP contribution in [0, 0.1) is 16.7 Å². The van der Waals surface area contributed by atoms with Gasteiger partial charge >= 0.3 is 5.97 Å². The van der Waals surface area contributed by atoms with Crippen LogP contribution in [-0.4, -0.2) is 40.5 Å². The van der Waals surface area contributed by atoms with Crippen LogP contribution in [-0.2, 0) is 9.59 Å². The van der Waals surface area contributed by atoms with E-state index in [0.717, 1.165) is 0 Å². The normalized spacial score (nSPS) is 24.3. The Bertz CT molecular complexity index is 410. The SMILES string of the molecule is CC(C)C1(C(=O)O)CCN(C(=O)C(C)(C)C(C)(C)N)C1. The number of hydrogen-bond acceptors (Lipinski definition) is 3. The molecule has 5 heteroatoms. The predicted molar refractivity (Wildman–Crippen MR) is 78.2 cm³/mol. The maximum absolute atomic E-state index is 12.7. The van der Waals surface area contributed by atoms with Crippen molar-refractivity contribution < 1.29 is 14.7 Å². The average molecular weight is 284 g/mol. The maximum atomic E-state index is 12.7. The van der Waals surface area contributed by atoms with Crippen molar-refractivity contribution in [3.05, 3.63) is 0 Å².